The van der Waals surface area contributed by atoms with Crippen LogP contribution in [0.1, 0.15) is 80.5 Å². The van der Waals surface area contributed by atoms with Crippen molar-refractivity contribution in [1.82, 2.24) is 20.0 Å². The van der Waals surface area contributed by atoms with E-state index < -0.39 is 12.1 Å². The van der Waals surface area contributed by atoms with Gasteiger partial charge in [0, 0.05) is 18.5 Å². The van der Waals surface area contributed by atoms with Crippen LogP contribution in [0.4, 0.5) is 0 Å². The number of ether oxygens (including phenoxy) is 1. The molecule has 0 radical (unpaired) electrons. The van der Waals surface area contributed by atoms with Crippen LogP contribution >= 0.6 is 0 Å². The maximum Gasteiger partial charge on any atom is 0.359 e. The minimum atomic E-state index is -0.604. The van der Waals surface area contributed by atoms with Crippen molar-refractivity contribution in [2.24, 2.45) is 0 Å². The Kier molecular flexibility index (Phi) is 3.74. The van der Waals surface area contributed by atoms with Crippen molar-refractivity contribution in [3.63, 3.8) is 0 Å². The van der Waals surface area contributed by atoms with E-state index in [1.165, 1.54) is 0 Å². The van der Waals surface area contributed by atoms with Crippen molar-refractivity contribution in [2.45, 2.75) is 65.0 Å². The summed E-state index contributed by atoms with van der Waals surface area (Å²) in [6.07, 6.45) is 1.69. The molecule has 0 amide bonds. The molecule has 1 atom stereocenters. The molecule has 0 unspecified atom stereocenters. The zero-order chi connectivity index (χ0) is 16.8. The Balaban J connectivity index is 1.79. The van der Waals surface area contributed by atoms with Gasteiger partial charge in [-0.1, -0.05) is 0 Å². The molecule has 7 nitrogen and oxygen atoms in total. The molecule has 0 saturated heterocycles. The number of hydrogen-bond acceptors (Lipinski definition) is 6. The zero-order valence-electron chi connectivity index (χ0n) is 14.2. The highest BCUT2D eigenvalue weighted by Crippen LogP contribution is 2.41. The molecule has 1 aliphatic carbocycles. The van der Waals surface area contributed by atoms with Crippen molar-refractivity contribution in [2.75, 3.05) is 0 Å². The summed E-state index contributed by atoms with van der Waals surface area (Å²) in [6, 6.07) is 1.84. The van der Waals surface area contributed by atoms with Crippen LogP contribution in [-0.2, 0) is 10.3 Å². The summed E-state index contributed by atoms with van der Waals surface area (Å²) in [4.78, 5) is 12.4. The standard InChI is InChI=1S/C16H22N4O3/c1-9(14-18-17-10(2)23-14)22-15(21)12-8-13(11-6-7-11)20(19-12)16(3,4)5/h8-9,11H,6-7H2,1-5H3/t9-/m1/s1. The molecule has 0 spiro atoms. The fourth-order valence-corrected chi connectivity index (χ4v) is 2.45. The molecule has 124 valence electrons. The fraction of sp³-hybridized carbons (Fsp3) is 0.625. The monoisotopic (exact) mass is 318 g/mol. The summed E-state index contributed by atoms with van der Waals surface area (Å²) in [5, 5.41) is 12.1. The summed E-state index contributed by atoms with van der Waals surface area (Å²) >= 11 is 0. The second kappa shape index (κ2) is 5.47. The van der Waals surface area contributed by atoms with E-state index in [9.17, 15) is 4.79 Å². The molecule has 23 heavy (non-hydrogen) atoms. The molecule has 1 aliphatic rings. The molecular weight excluding hydrogens is 296 g/mol. The smallest absolute Gasteiger partial charge is 0.359 e. The Labute approximate surface area is 135 Å². The van der Waals surface area contributed by atoms with Crippen LogP contribution in [0.3, 0.4) is 0 Å². The molecule has 1 saturated carbocycles. The van der Waals surface area contributed by atoms with Gasteiger partial charge in [0.05, 0.1) is 5.54 Å². The highest BCUT2D eigenvalue weighted by molar-refractivity contribution is 5.87. The van der Waals surface area contributed by atoms with E-state index in [0.717, 1.165) is 18.5 Å². The van der Waals surface area contributed by atoms with Crippen molar-refractivity contribution >= 4 is 5.97 Å². The van der Waals surface area contributed by atoms with Crippen LogP contribution in [-0.4, -0.2) is 25.9 Å². The number of hydrogen-bond donors (Lipinski definition) is 0. The number of carbonyl (C=O) groups is 1. The fourth-order valence-electron chi connectivity index (χ4n) is 2.45. The number of rotatable bonds is 4. The molecule has 0 bridgehead atoms. The molecule has 0 aliphatic heterocycles. The lowest BCUT2D eigenvalue weighted by Gasteiger charge is -2.22. The predicted octanol–water partition coefficient (Wildman–Crippen LogP) is 3.12. The zero-order valence-corrected chi connectivity index (χ0v) is 14.2. The topological polar surface area (TPSA) is 83.0 Å². The average molecular weight is 318 g/mol. The van der Waals surface area contributed by atoms with Crippen molar-refractivity contribution in [1.29, 1.82) is 0 Å². The van der Waals surface area contributed by atoms with Crippen LogP contribution in [0.2, 0.25) is 0 Å². The second-order valence-corrected chi connectivity index (χ2v) is 7.02. The number of aromatic nitrogens is 4. The molecular formula is C16H22N4O3. The Morgan fingerprint density at radius 3 is 2.61 bits per heavy atom. The second-order valence-electron chi connectivity index (χ2n) is 7.02. The maximum absolute atomic E-state index is 12.4. The van der Waals surface area contributed by atoms with Gasteiger partial charge in [-0.05, 0) is 46.6 Å². The average Bonchev–Trinajstić information content (AvgIpc) is 3.03. The third-order valence-corrected chi connectivity index (χ3v) is 3.75. The Morgan fingerprint density at radius 2 is 2.09 bits per heavy atom. The quantitative estimate of drug-likeness (QED) is 0.805. The normalized spacial score (nSPS) is 16.4. The van der Waals surface area contributed by atoms with E-state index in [-0.39, 0.29) is 11.4 Å². The van der Waals surface area contributed by atoms with Crippen molar-refractivity contribution < 1.29 is 13.9 Å². The van der Waals surface area contributed by atoms with Crippen molar-refractivity contribution in [3.8, 4) is 0 Å². The summed E-state index contributed by atoms with van der Waals surface area (Å²) in [6.45, 7) is 9.62. The first kappa shape index (κ1) is 15.7. The largest absolute Gasteiger partial charge is 0.448 e. The van der Waals surface area contributed by atoms with Gasteiger partial charge in [-0.15, -0.1) is 10.2 Å². The third-order valence-electron chi connectivity index (χ3n) is 3.75. The van der Waals surface area contributed by atoms with Crippen LogP contribution in [0.15, 0.2) is 10.5 Å². The van der Waals surface area contributed by atoms with Crippen molar-refractivity contribution in [3.05, 3.63) is 29.2 Å². The number of carbonyl (C=O) groups excluding carboxylic acids is 1. The van der Waals surface area contributed by atoms with Gasteiger partial charge in [0.15, 0.2) is 11.8 Å². The lowest BCUT2D eigenvalue weighted by molar-refractivity contribution is 0.0268. The van der Waals surface area contributed by atoms with E-state index in [1.807, 2.05) is 10.7 Å². The van der Waals surface area contributed by atoms with Gasteiger partial charge in [-0.25, -0.2) is 4.79 Å². The molecule has 2 heterocycles. The lowest BCUT2D eigenvalue weighted by Crippen LogP contribution is -2.25. The van der Waals surface area contributed by atoms with Gasteiger partial charge in [0.1, 0.15) is 0 Å². The predicted molar refractivity (Wildman–Crippen MR) is 82.1 cm³/mol. The minimum Gasteiger partial charge on any atom is -0.448 e. The van der Waals surface area contributed by atoms with Crippen LogP contribution in [0, 0.1) is 6.92 Å². The van der Waals surface area contributed by atoms with Gasteiger partial charge < -0.3 is 9.15 Å². The molecule has 0 aromatic carbocycles. The first-order valence-electron chi connectivity index (χ1n) is 7.87. The van der Waals surface area contributed by atoms with E-state index in [0.29, 0.717) is 17.5 Å². The lowest BCUT2D eigenvalue weighted by atomic mass is 10.1. The summed E-state index contributed by atoms with van der Waals surface area (Å²) in [5.74, 6) is 0.752. The maximum atomic E-state index is 12.4. The van der Waals surface area contributed by atoms with E-state index in [1.54, 1.807) is 13.8 Å². The first-order chi connectivity index (χ1) is 10.8. The third kappa shape index (κ3) is 3.28. The Hall–Kier alpha value is -2.18. The summed E-state index contributed by atoms with van der Waals surface area (Å²) in [5.41, 5.74) is 1.25. The van der Waals surface area contributed by atoms with Gasteiger partial charge in [0.2, 0.25) is 5.89 Å². The molecule has 7 heteroatoms. The molecule has 1 fully saturated rings. The Morgan fingerprint density at radius 1 is 1.39 bits per heavy atom. The summed E-state index contributed by atoms with van der Waals surface area (Å²) < 4.78 is 12.6. The van der Waals surface area contributed by atoms with Crippen LogP contribution in [0.25, 0.3) is 0 Å². The highest BCUT2D eigenvalue weighted by atomic mass is 16.6. The number of aryl methyl sites for hydroxylation is 1. The van der Waals surface area contributed by atoms with E-state index in [2.05, 4.69) is 36.1 Å². The number of esters is 1. The Bertz CT molecular complexity index is 722. The van der Waals surface area contributed by atoms with Gasteiger partial charge in [-0.2, -0.15) is 5.10 Å². The van der Waals surface area contributed by atoms with E-state index >= 15 is 0 Å². The SMILES string of the molecule is Cc1nnc([C@@H](C)OC(=O)c2cc(C3CC3)n(C(C)(C)C)n2)o1. The number of nitrogens with zero attached hydrogens (tertiary/aromatic N) is 4. The molecule has 0 N–H and O–H groups in total. The van der Waals surface area contributed by atoms with Crippen LogP contribution in [0.5, 0.6) is 0 Å². The minimum absolute atomic E-state index is 0.175. The van der Waals surface area contributed by atoms with Gasteiger partial charge >= 0.3 is 5.97 Å². The van der Waals surface area contributed by atoms with E-state index in [4.69, 9.17) is 9.15 Å². The first-order valence-corrected chi connectivity index (χ1v) is 7.87. The van der Waals surface area contributed by atoms with Gasteiger partial charge in [0.25, 0.3) is 5.89 Å². The molecule has 2 aromatic heterocycles. The molecule has 2 aromatic rings. The van der Waals surface area contributed by atoms with Gasteiger partial charge in [-0.3, -0.25) is 4.68 Å². The molecule has 3 rings (SSSR count). The summed E-state index contributed by atoms with van der Waals surface area (Å²) in [7, 11) is 0. The highest BCUT2D eigenvalue weighted by Gasteiger charge is 2.33. The van der Waals surface area contributed by atoms with Crippen LogP contribution < -0.4 is 0 Å².